The molecule has 0 aliphatic rings. The molecule has 0 saturated carbocycles. The molecular weight excluding hydrogens is 535 g/mol. The lowest BCUT2D eigenvalue weighted by Crippen LogP contribution is -2.37. The van der Waals surface area contributed by atoms with E-state index >= 15 is 0 Å². The maximum Gasteiger partial charge on any atom is 0.405 e. The highest BCUT2D eigenvalue weighted by atomic mass is 32.1. The Bertz CT molecular complexity index is 1560. The fourth-order valence-electron chi connectivity index (χ4n) is 3.35. The Labute approximate surface area is 224 Å². The molecule has 0 saturated heterocycles. The smallest absolute Gasteiger partial charge is 0.365 e. The number of aromatic nitrogens is 2. The van der Waals surface area contributed by atoms with Crippen LogP contribution in [0.4, 0.5) is 30.5 Å². The van der Waals surface area contributed by atoms with Crippen molar-refractivity contribution in [1.29, 1.82) is 5.26 Å². The fraction of sp³-hybridized carbons (Fsp3) is 0.240. The Balaban J connectivity index is 1.80. The average Bonchev–Trinajstić information content (AvgIpc) is 3.21. The van der Waals surface area contributed by atoms with Gasteiger partial charge in [0.1, 0.15) is 33.4 Å². The van der Waals surface area contributed by atoms with Gasteiger partial charge in [0.15, 0.2) is 5.57 Å². The van der Waals surface area contributed by atoms with Gasteiger partial charge >= 0.3 is 6.18 Å². The second kappa shape index (κ2) is 12.7. The highest BCUT2D eigenvalue weighted by molar-refractivity contribution is 7.07. The predicted molar refractivity (Wildman–Crippen MR) is 142 cm³/mol. The lowest BCUT2D eigenvalue weighted by molar-refractivity contribution is -0.135. The zero-order valence-electron chi connectivity index (χ0n) is 20.9. The number of nitrogens with one attached hydrogen (secondary N) is 3. The minimum Gasteiger partial charge on any atom is -0.365 e. The molecule has 3 N–H and O–H groups in total. The number of hydrogen-bond acceptors (Lipinski definition) is 8. The first-order valence-electron chi connectivity index (χ1n) is 11.5. The normalized spacial score (nSPS) is 12.4. The third kappa shape index (κ3) is 7.92. The van der Waals surface area contributed by atoms with E-state index in [9.17, 15) is 32.8 Å². The summed E-state index contributed by atoms with van der Waals surface area (Å²) in [5, 5.41) is 16.6. The molecule has 0 fully saturated rings. The van der Waals surface area contributed by atoms with E-state index in [1.165, 1.54) is 6.20 Å². The summed E-state index contributed by atoms with van der Waals surface area (Å²) in [7, 11) is 1.78. The van der Waals surface area contributed by atoms with Crippen LogP contribution in [-0.2, 0) is 16.1 Å². The summed E-state index contributed by atoms with van der Waals surface area (Å²) in [5.41, 5.74) is -0.283. The largest absolute Gasteiger partial charge is 0.405 e. The van der Waals surface area contributed by atoms with Crippen LogP contribution < -0.4 is 35.6 Å². The Morgan fingerprint density at radius 1 is 1.15 bits per heavy atom. The third-order valence-corrected chi connectivity index (χ3v) is 6.30. The number of alkyl halides is 3. The molecular formula is C25H24F3N7O3S. The lowest BCUT2D eigenvalue weighted by Gasteiger charge is -2.18. The molecule has 0 bridgehead atoms. The summed E-state index contributed by atoms with van der Waals surface area (Å²) < 4.78 is 38.6. The summed E-state index contributed by atoms with van der Waals surface area (Å²) in [4.78, 5) is 43.6. The Kier molecular flexibility index (Phi) is 9.45. The maximum atomic E-state index is 12.8. The van der Waals surface area contributed by atoms with E-state index in [1.54, 1.807) is 48.5 Å². The zero-order valence-corrected chi connectivity index (χ0v) is 21.7. The molecule has 0 atom stereocenters. The SMILES string of the molecule is CCn1c(=C(C#N)C(=O)NCC(F)(F)F)sc(=CNc2cccc(NC(=O)CN(C)c3ccccc3)n2)c1=O. The van der Waals surface area contributed by atoms with Crippen molar-refractivity contribution in [2.45, 2.75) is 19.6 Å². The number of rotatable bonds is 9. The van der Waals surface area contributed by atoms with Gasteiger partial charge in [0.05, 0.1) is 6.54 Å². The molecule has 0 aliphatic heterocycles. The second-order valence-corrected chi connectivity index (χ2v) is 9.07. The molecule has 0 unspecified atom stereocenters. The third-order valence-electron chi connectivity index (χ3n) is 5.17. The number of thiazole rings is 1. The molecule has 0 aliphatic carbocycles. The Morgan fingerprint density at radius 3 is 2.49 bits per heavy atom. The van der Waals surface area contributed by atoms with Crippen molar-refractivity contribution in [3.05, 3.63) is 68.1 Å². The predicted octanol–water partition coefficient (Wildman–Crippen LogP) is 1.60. The summed E-state index contributed by atoms with van der Waals surface area (Å²) in [6.07, 6.45) is -3.35. The Hall–Kier alpha value is -4.64. The van der Waals surface area contributed by atoms with Crippen molar-refractivity contribution in [3.8, 4) is 6.07 Å². The van der Waals surface area contributed by atoms with E-state index in [0.717, 1.165) is 21.6 Å². The number of nitrogens with zero attached hydrogens (tertiary/aromatic N) is 4. The minimum atomic E-state index is -4.65. The van der Waals surface area contributed by atoms with E-state index in [-0.39, 0.29) is 39.8 Å². The Morgan fingerprint density at radius 2 is 1.85 bits per heavy atom. The molecule has 39 heavy (non-hydrogen) atoms. The van der Waals surface area contributed by atoms with Gasteiger partial charge in [-0.15, -0.1) is 11.3 Å². The average molecular weight is 560 g/mol. The number of halogens is 3. The molecule has 2 amide bonds. The summed E-state index contributed by atoms with van der Waals surface area (Å²) in [6, 6.07) is 15.8. The van der Waals surface area contributed by atoms with E-state index in [4.69, 9.17) is 0 Å². The molecule has 10 nitrogen and oxygen atoms in total. The minimum absolute atomic E-state index is 0.0748. The first-order chi connectivity index (χ1) is 18.5. The van der Waals surface area contributed by atoms with Crippen molar-refractivity contribution in [2.24, 2.45) is 0 Å². The number of hydrogen-bond donors (Lipinski definition) is 3. The quantitative estimate of drug-likeness (QED) is 0.363. The molecule has 14 heteroatoms. The number of amides is 2. The molecule has 0 radical (unpaired) electrons. The van der Waals surface area contributed by atoms with E-state index < -0.39 is 29.8 Å². The fourth-order valence-corrected chi connectivity index (χ4v) is 4.44. The summed E-state index contributed by atoms with van der Waals surface area (Å²) in [5.74, 6) is -0.985. The first kappa shape index (κ1) is 28.9. The van der Waals surface area contributed by atoms with Gasteiger partial charge in [-0.2, -0.15) is 18.4 Å². The highest BCUT2D eigenvalue weighted by Crippen LogP contribution is 2.13. The monoisotopic (exact) mass is 559 g/mol. The van der Waals surface area contributed by atoms with Gasteiger partial charge in [-0.3, -0.25) is 19.0 Å². The van der Waals surface area contributed by atoms with Gasteiger partial charge in [0, 0.05) is 25.5 Å². The van der Waals surface area contributed by atoms with Crippen molar-refractivity contribution in [1.82, 2.24) is 14.9 Å². The van der Waals surface area contributed by atoms with E-state index in [0.29, 0.717) is 0 Å². The zero-order chi connectivity index (χ0) is 28.6. The van der Waals surface area contributed by atoms with Crippen LogP contribution in [-0.4, -0.2) is 47.7 Å². The molecule has 2 aromatic heterocycles. The van der Waals surface area contributed by atoms with Crippen LogP contribution in [0.2, 0.25) is 0 Å². The maximum absolute atomic E-state index is 12.8. The van der Waals surface area contributed by atoms with Gasteiger partial charge in [0.2, 0.25) is 5.91 Å². The van der Waals surface area contributed by atoms with Crippen LogP contribution in [0, 0.1) is 11.3 Å². The van der Waals surface area contributed by atoms with Crippen LogP contribution >= 0.6 is 11.3 Å². The standard InChI is InChI=1S/C25H24F3N7O3S/c1-3-35-23(38)18(39-24(35)17(12-29)22(37)31-15-25(26,27)28)13-30-19-10-7-11-20(32-19)33-21(36)14-34(2)16-8-5-4-6-9-16/h4-11,13H,3,14-15H2,1-2H3,(H,31,37)(H2,30,32,33,36). The van der Waals surface area contributed by atoms with Crippen molar-refractivity contribution in [2.75, 3.05) is 35.7 Å². The van der Waals surface area contributed by atoms with Gasteiger partial charge in [-0.05, 0) is 31.2 Å². The summed E-state index contributed by atoms with van der Waals surface area (Å²) >= 11 is 0.772. The number of benzene rings is 1. The number of para-hydroxylation sites is 1. The van der Waals surface area contributed by atoms with Crippen LogP contribution in [0.15, 0.2) is 53.3 Å². The second-order valence-electron chi connectivity index (χ2n) is 8.04. The number of carbonyl (C=O) groups is 2. The van der Waals surface area contributed by atoms with Crippen molar-refractivity contribution >= 4 is 52.2 Å². The van der Waals surface area contributed by atoms with Gasteiger partial charge < -0.3 is 20.9 Å². The first-order valence-corrected chi connectivity index (χ1v) is 12.3. The number of pyridine rings is 1. The molecule has 3 rings (SSSR count). The highest BCUT2D eigenvalue weighted by Gasteiger charge is 2.28. The molecule has 0 spiro atoms. The number of carbonyl (C=O) groups excluding carboxylic acids is 2. The number of nitriles is 1. The van der Waals surface area contributed by atoms with Crippen LogP contribution in [0.1, 0.15) is 6.92 Å². The topological polar surface area (TPSA) is 132 Å². The number of likely N-dealkylation sites (N-methyl/N-ethyl adjacent to an activating group) is 1. The van der Waals surface area contributed by atoms with Gasteiger partial charge in [-0.25, -0.2) is 4.98 Å². The van der Waals surface area contributed by atoms with Gasteiger partial charge in [-0.1, -0.05) is 24.3 Å². The van der Waals surface area contributed by atoms with Crippen molar-refractivity contribution in [3.63, 3.8) is 0 Å². The molecule has 1 aromatic carbocycles. The summed E-state index contributed by atoms with van der Waals surface area (Å²) in [6.45, 7) is 0.145. The van der Waals surface area contributed by atoms with Crippen molar-refractivity contribution < 1.29 is 22.8 Å². The van der Waals surface area contributed by atoms with E-state index in [1.807, 2.05) is 30.3 Å². The molecule has 204 valence electrons. The van der Waals surface area contributed by atoms with Crippen LogP contribution in [0.5, 0.6) is 0 Å². The molecule has 2 heterocycles. The van der Waals surface area contributed by atoms with Gasteiger partial charge in [0.25, 0.3) is 11.5 Å². The van der Waals surface area contributed by atoms with Crippen LogP contribution in [0.3, 0.4) is 0 Å². The molecule has 3 aromatic rings. The van der Waals surface area contributed by atoms with Crippen LogP contribution in [0.25, 0.3) is 11.8 Å². The lowest BCUT2D eigenvalue weighted by atomic mass is 10.3. The van der Waals surface area contributed by atoms with E-state index in [2.05, 4.69) is 15.6 Å². The number of anilines is 3.